The molecule has 1 atom stereocenters. The Balaban J connectivity index is 1.98. The minimum Gasteiger partial charge on any atom is -0.386 e. The van der Waals surface area contributed by atoms with Gasteiger partial charge in [-0.1, -0.05) is 18.2 Å². The van der Waals surface area contributed by atoms with Crippen molar-refractivity contribution in [3.8, 4) is 0 Å². The van der Waals surface area contributed by atoms with Crippen molar-refractivity contribution in [2.45, 2.75) is 11.9 Å². The Morgan fingerprint density at radius 3 is 2.35 bits per heavy atom. The van der Waals surface area contributed by atoms with Gasteiger partial charge in [0.2, 0.25) is 0 Å². The highest BCUT2D eigenvalue weighted by atomic mass is 32.2. The molecule has 0 radical (unpaired) electrons. The Morgan fingerprint density at radius 1 is 1.17 bits per heavy atom. The van der Waals surface area contributed by atoms with Crippen molar-refractivity contribution in [3.63, 3.8) is 0 Å². The molecule has 0 heterocycles. The van der Waals surface area contributed by atoms with Gasteiger partial charge in [0.25, 0.3) is 5.91 Å². The highest BCUT2D eigenvalue weighted by Crippen LogP contribution is 2.20. The molecule has 3 nitrogen and oxygen atoms in total. The van der Waals surface area contributed by atoms with E-state index in [2.05, 4.69) is 5.32 Å². The van der Waals surface area contributed by atoms with Crippen LogP contribution in [0.15, 0.2) is 42.5 Å². The van der Waals surface area contributed by atoms with Crippen molar-refractivity contribution >= 4 is 17.7 Å². The number of carbonyl (C=O) groups excluding carboxylic acids is 1. The SMILES string of the molecule is CSCc1ccc(C(=O)NCC(O)c2c(F)cccc2F)cc1. The molecule has 23 heavy (non-hydrogen) atoms. The fourth-order valence-corrected chi connectivity index (χ4v) is 2.67. The van der Waals surface area contributed by atoms with Crippen LogP contribution in [-0.2, 0) is 5.75 Å². The molecule has 0 fully saturated rings. The van der Waals surface area contributed by atoms with E-state index in [0.29, 0.717) is 5.56 Å². The number of amides is 1. The first-order valence-corrected chi connectivity index (χ1v) is 8.40. The summed E-state index contributed by atoms with van der Waals surface area (Å²) in [6, 6.07) is 10.4. The lowest BCUT2D eigenvalue weighted by molar-refractivity contribution is 0.0911. The van der Waals surface area contributed by atoms with Gasteiger partial charge in [-0.05, 0) is 36.1 Å². The van der Waals surface area contributed by atoms with Crippen LogP contribution in [0.3, 0.4) is 0 Å². The van der Waals surface area contributed by atoms with Gasteiger partial charge < -0.3 is 10.4 Å². The third kappa shape index (κ3) is 4.53. The van der Waals surface area contributed by atoms with Gasteiger partial charge in [0, 0.05) is 17.9 Å². The monoisotopic (exact) mass is 337 g/mol. The Kier molecular flexibility index (Phi) is 6.12. The first-order valence-electron chi connectivity index (χ1n) is 7.01. The highest BCUT2D eigenvalue weighted by molar-refractivity contribution is 7.97. The summed E-state index contributed by atoms with van der Waals surface area (Å²) in [7, 11) is 0. The van der Waals surface area contributed by atoms with Crippen LogP contribution in [0.5, 0.6) is 0 Å². The van der Waals surface area contributed by atoms with Gasteiger partial charge in [-0.25, -0.2) is 8.78 Å². The molecule has 0 aliphatic rings. The summed E-state index contributed by atoms with van der Waals surface area (Å²) in [5, 5.41) is 12.4. The van der Waals surface area contributed by atoms with Crippen molar-refractivity contribution in [1.82, 2.24) is 5.32 Å². The van der Waals surface area contributed by atoms with Crippen molar-refractivity contribution in [2.24, 2.45) is 0 Å². The van der Waals surface area contributed by atoms with Crippen LogP contribution in [0, 0.1) is 11.6 Å². The minimum absolute atomic E-state index is 0.275. The van der Waals surface area contributed by atoms with Crippen molar-refractivity contribution in [3.05, 3.63) is 70.8 Å². The maximum absolute atomic E-state index is 13.6. The van der Waals surface area contributed by atoms with E-state index in [0.717, 1.165) is 23.4 Å². The van der Waals surface area contributed by atoms with Crippen molar-refractivity contribution < 1.29 is 18.7 Å². The molecule has 2 aromatic carbocycles. The minimum atomic E-state index is -1.45. The number of hydrogen-bond donors (Lipinski definition) is 2. The molecule has 2 rings (SSSR count). The predicted octanol–water partition coefficient (Wildman–Crippen LogP) is 3.29. The summed E-state index contributed by atoms with van der Waals surface area (Å²) in [6.07, 6.45) is 0.542. The lowest BCUT2D eigenvalue weighted by atomic mass is 10.1. The van der Waals surface area contributed by atoms with Crippen LogP contribution < -0.4 is 5.32 Å². The number of halogens is 2. The molecule has 0 saturated heterocycles. The Bertz CT molecular complexity index is 657. The van der Waals surface area contributed by atoms with Gasteiger partial charge in [0.1, 0.15) is 17.7 Å². The maximum Gasteiger partial charge on any atom is 0.251 e. The van der Waals surface area contributed by atoms with Crippen LogP contribution in [0.4, 0.5) is 8.78 Å². The average Bonchev–Trinajstić information content (AvgIpc) is 2.53. The second kappa shape index (κ2) is 8.08. The van der Waals surface area contributed by atoms with Gasteiger partial charge in [0.05, 0.1) is 5.56 Å². The normalized spacial score (nSPS) is 12.0. The number of thioether (sulfide) groups is 1. The molecule has 0 aliphatic heterocycles. The Hall–Kier alpha value is -1.92. The number of benzene rings is 2. The van der Waals surface area contributed by atoms with E-state index < -0.39 is 29.2 Å². The average molecular weight is 337 g/mol. The predicted molar refractivity (Wildman–Crippen MR) is 87.3 cm³/mol. The van der Waals surface area contributed by atoms with E-state index in [1.165, 1.54) is 6.07 Å². The Morgan fingerprint density at radius 2 is 1.78 bits per heavy atom. The summed E-state index contributed by atoms with van der Waals surface area (Å²) >= 11 is 1.68. The number of aliphatic hydroxyl groups is 1. The van der Waals surface area contributed by atoms with E-state index >= 15 is 0 Å². The Labute approximate surface area is 137 Å². The lowest BCUT2D eigenvalue weighted by Gasteiger charge is -2.14. The quantitative estimate of drug-likeness (QED) is 0.850. The summed E-state index contributed by atoms with van der Waals surface area (Å²) in [5.74, 6) is -1.23. The summed E-state index contributed by atoms with van der Waals surface area (Å²) < 4.78 is 27.1. The third-order valence-electron chi connectivity index (χ3n) is 3.32. The van der Waals surface area contributed by atoms with Crippen LogP contribution in [0.2, 0.25) is 0 Å². The first-order chi connectivity index (χ1) is 11.0. The van der Waals surface area contributed by atoms with E-state index in [4.69, 9.17) is 0 Å². The van der Waals surface area contributed by atoms with Gasteiger partial charge in [0.15, 0.2) is 0 Å². The van der Waals surface area contributed by atoms with E-state index in [1.54, 1.807) is 23.9 Å². The third-order valence-corrected chi connectivity index (χ3v) is 3.94. The summed E-state index contributed by atoms with van der Waals surface area (Å²) in [4.78, 5) is 12.0. The van der Waals surface area contributed by atoms with Crippen LogP contribution in [0.25, 0.3) is 0 Å². The molecule has 6 heteroatoms. The van der Waals surface area contributed by atoms with E-state index in [1.807, 2.05) is 18.4 Å². The molecule has 122 valence electrons. The second-order valence-corrected chi connectivity index (χ2v) is 5.86. The molecule has 1 amide bonds. The molecule has 1 unspecified atom stereocenters. The number of aliphatic hydroxyl groups excluding tert-OH is 1. The number of nitrogens with one attached hydrogen (secondary N) is 1. The highest BCUT2D eigenvalue weighted by Gasteiger charge is 2.18. The zero-order chi connectivity index (χ0) is 16.8. The summed E-state index contributed by atoms with van der Waals surface area (Å²) in [5.41, 5.74) is 1.08. The van der Waals surface area contributed by atoms with Crippen LogP contribution in [0.1, 0.15) is 27.6 Å². The first kappa shape index (κ1) is 17.4. The lowest BCUT2D eigenvalue weighted by Crippen LogP contribution is -2.29. The smallest absolute Gasteiger partial charge is 0.251 e. The second-order valence-electron chi connectivity index (χ2n) is 4.99. The number of carbonyl (C=O) groups is 1. The number of hydrogen-bond acceptors (Lipinski definition) is 3. The topological polar surface area (TPSA) is 49.3 Å². The molecule has 0 spiro atoms. The number of rotatable bonds is 6. The molecule has 0 bridgehead atoms. The molecule has 0 saturated carbocycles. The molecule has 2 aromatic rings. The van der Waals surface area contributed by atoms with E-state index in [9.17, 15) is 18.7 Å². The fraction of sp³-hybridized carbons (Fsp3) is 0.235. The summed E-state index contributed by atoms with van der Waals surface area (Å²) in [6.45, 7) is -0.275. The molecule has 0 aliphatic carbocycles. The van der Waals surface area contributed by atoms with Gasteiger partial charge in [-0.15, -0.1) is 0 Å². The van der Waals surface area contributed by atoms with Gasteiger partial charge in [-0.2, -0.15) is 11.8 Å². The molecular formula is C17H17F2NO2S. The fourth-order valence-electron chi connectivity index (χ4n) is 2.14. The standard InChI is InChI=1S/C17H17F2NO2S/c1-23-10-11-5-7-12(8-6-11)17(22)20-9-15(21)16-13(18)3-2-4-14(16)19/h2-8,15,21H,9-10H2,1H3,(H,20,22). The largest absolute Gasteiger partial charge is 0.386 e. The molecular weight excluding hydrogens is 320 g/mol. The van der Waals surface area contributed by atoms with Crippen LogP contribution >= 0.6 is 11.8 Å². The van der Waals surface area contributed by atoms with Crippen molar-refractivity contribution in [1.29, 1.82) is 0 Å². The van der Waals surface area contributed by atoms with Gasteiger partial charge in [-0.3, -0.25) is 4.79 Å². The van der Waals surface area contributed by atoms with Gasteiger partial charge >= 0.3 is 0 Å². The molecule has 0 aromatic heterocycles. The molecule has 2 N–H and O–H groups in total. The maximum atomic E-state index is 13.6. The van der Waals surface area contributed by atoms with Crippen LogP contribution in [-0.4, -0.2) is 23.8 Å². The zero-order valence-electron chi connectivity index (χ0n) is 12.6. The van der Waals surface area contributed by atoms with E-state index in [-0.39, 0.29) is 6.54 Å². The van der Waals surface area contributed by atoms with Crippen molar-refractivity contribution in [2.75, 3.05) is 12.8 Å². The zero-order valence-corrected chi connectivity index (χ0v) is 13.4.